The van der Waals surface area contributed by atoms with Gasteiger partial charge in [-0.2, -0.15) is 0 Å². The largest absolute Gasteiger partial charge is 0.242 e. The van der Waals surface area contributed by atoms with E-state index in [1.807, 2.05) is 0 Å². The molecule has 0 aromatic rings. The Morgan fingerprint density at radius 3 is 2.64 bits per heavy atom. The monoisotopic (exact) mass is 154 g/mol. The van der Waals surface area contributed by atoms with Crippen molar-refractivity contribution in [1.29, 1.82) is 0 Å². The van der Waals surface area contributed by atoms with E-state index in [-0.39, 0.29) is 0 Å². The third-order valence-electron chi connectivity index (χ3n) is 2.75. The summed E-state index contributed by atoms with van der Waals surface area (Å²) in [7, 11) is 2.20. The van der Waals surface area contributed by atoms with Crippen LogP contribution in [0.3, 0.4) is 0 Å². The maximum Gasteiger partial charge on any atom is 0.145 e. The summed E-state index contributed by atoms with van der Waals surface area (Å²) < 4.78 is 2.37. The number of nitrogens with zero attached hydrogens (tertiary/aromatic N) is 1. The molecule has 11 heavy (non-hydrogen) atoms. The highest BCUT2D eigenvalue weighted by molar-refractivity contribution is 5.55. The van der Waals surface area contributed by atoms with Gasteiger partial charge in [0.15, 0.2) is 0 Å². The van der Waals surface area contributed by atoms with E-state index in [2.05, 4.69) is 31.7 Å². The summed E-state index contributed by atoms with van der Waals surface area (Å²) >= 11 is 0. The van der Waals surface area contributed by atoms with Gasteiger partial charge in [0.1, 0.15) is 19.8 Å². The third-order valence-corrected chi connectivity index (χ3v) is 2.75. The SMILES string of the molecule is CCC1C=[N+](C)CC(CC)C1. The van der Waals surface area contributed by atoms with E-state index in [4.69, 9.17) is 0 Å². The molecule has 1 nitrogen and oxygen atoms in total. The summed E-state index contributed by atoms with van der Waals surface area (Å²) in [6.07, 6.45) is 6.46. The van der Waals surface area contributed by atoms with Gasteiger partial charge in [-0.15, -0.1) is 0 Å². The minimum absolute atomic E-state index is 0.846. The van der Waals surface area contributed by atoms with Crippen molar-refractivity contribution in [2.45, 2.75) is 33.1 Å². The van der Waals surface area contributed by atoms with Gasteiger partial charge in [-0.3, -0.25) is 0 Å². The van der Waals surface area contributed by atoms with E-state index < -0.39 is 0 Å². The fourth-order valence-corrected chi connectivity index (χ4v) is 1.96. The standard InChI is InChI=1S/C10H20N/c1-4-9-6-10(5-2)8-11(3)7-9/h7,9-10H,4-6,8H2,1-3H3/q+1. The smallest absolute Gasteiger partial charge is 0.145 e. The summed E-state index contributed by atoms with van der Waals surface area (Å²) in [6.45, 7) is 5.86. The van der Waals surface area contributed by atoms with Gasteiger partial charge in [0.2, 0.25) is 0 Å². The van der Waals surface area contributed by atoms with Crippen molar-refractivity contribution in [1.82, 2.24) is 0 Å². The van der Waals surface area contributed by atoms with Crippen molar-refractivity contribution in [3.63, 3.8) is 0 Å². The molecule has 1 heterocycles. The Bertz CT molecular complexity index is 149. The zero-order valence-corrected chi connectivity index (χ0v) is 8.01. The number of hydrogen-bond donors (Lipinski definition) is 0. The average Bonchev–Trinajstić information content (AvgIpc) is 2.03. The molecule has 0 bridgehead atoms. The van der Waals surface area contributed by atoms with Crippen LogP contribution in [0.2, 0.25) is 0 Å². The van der Waals surface area contributed by atoms with Crippen molar-refractivity contribution < 1.29 is 4.58 Å². The van der Waals surface area contributed by atoms with Crippen LogP contribution >= 0.6 is 0 Å². The normalized spacial score (nSPS) is 31.7. The molecule has 0 N–H and O–H groups in total. The summed E-state index contributed by atoms with van der Waals surface area (Å²) in [5.74, 6) is 1.79. The predicted octanol–water partition coefficient (Wildman–Crippen LogP) is 2.16. The molecule has 0 fully saturated rings. The molecule has 2 atom stereocenters. The van der Waals surface area contributed by atoms with Gasteiger partial charge >= 0.3 is 0 Å². The summed E-state index contributed by atoms with van der Waals surface area (Å²) in [4.78, 5) is 0. The topological polar surface area (TPSA) is 3.01 Å². The Hall–Kier alpha value is -0.330. The molecule has 0 amide bonds. The van der Waals surface area contributed by atoms with Crippen molar-refractivity contribution >= 4 is 6.21 Å². The molecule has 2 unspecified atom stereocenters. The third kappa shape index (κ3) is 2.32. The Balaban J connectivity index is 2.53. The maximum absolute atomic E-state index is 2.40. The van der Waals surface area contributed by atoms with E-state index in [0.717, 1.165) is 11.8 Å². The Kier molecular flexibility index (Phi) is 3.10. The number of hydrogen-bond acceptors (Lipinski definition) is 0. The van der Waals surface area contributed by atoms with Crippen LogP contribution in [0.25, 0.3) is 0 Å². The van der Waals surface area contributed by atoms with Crippen LogP contribution in [-0.2, 0) is 0 Å². The van der Waals surface area contributed by atoms with Gasteiger partial charge in [-0.05, 0) is 19.3 Å². The van der Waals surface area contributed by atoms with Crippen LogP contribution < -0.4 is 0 Å². The van der Waals surface area contributed by atoms with Crippen LogP contribution in [0.15, 0.2) is 0 Å². The van der Waals surface area contributed by atoms with Crippen LogP contribution in [0, 0.1) is 11.8 Å². The lowest BCUT2D eigenvalue weighted by molar-refractivity contribution is -0.508. The van der Waals surface area contributed by atoms with Gasteiger partial charge in [0, 0.05) is 11.8 Å². The molecule has 0 spiro atoms. The number of rotatable bonds is 2. The molecule has 0 aromatic carbocycles. The first-order valence-corrected chi connectivity index (χ1v) is 4.81. The van der Waals surface area contributed by atoms with Crippen molar-refractivity contribution in [2.75, 3.05) is 13.6 Å². The van der Waals surface area contributed by atoms with Gasteiger partial charge in [-0.25, -0.2) is 4.58 Å². The molecule has 0 saturated heterocycles. The van der Waals surface area contributed by atoms with Gasteiger partial charge in [0.25, 0.3) is 0 Å². The Labute approximate surface area is 70.1 Å². The molecule has 0 radical (unpaired) electrons. The fourth-order valence-electron chi connectivity index (χ4n) is 1.96. The molecule has 1 aliphatic heterocycles. The Morgan fingerprint density at radius 2 is 2.09 bits per heavy atom. The lowest BCUT2D eigenvalue weighted by Gasteiger charge is -2.20. The highest BCUT2D eigenvalue weighted by atomic mass is 15.0. The highest BCUT2D eigenvalue weighted by Crippen LogP contribution is 2.20. The average molecular weight is 154 g/mol. The summed E-state index contributed by atoms with van der Waals surface area (Å²) in [5, 5.41) is 0. The first-order chi connectivity index (χ1) is 5.26. The molecule has 0 aromatic heterocycles. The zero-order chi connectivity index (χ0) is 8.27. The van der Waals surface area contributed by atoms with Crippen LogP contribution in [0.1, 0.15) is 33.1 Å². The minimum Gasteiger partial charge on any atom is -0.242 e. The quantitative estimate of drug-likeness (QED) is 0.536. The molecule has 1 aliphatic rings. The first-order valence-electron chi connectivity index (χ1n) is 4.81. The predicted molar refractivity (Wildman–Crippen MR) is 49.3 cm³/mol. The van der Waals surface area contributed by atoms with E-state index in [0.29, 0.717) is 0 Å². The molecular formula is C10H20N+. The first kappa shape index (κ1) is 8.76. The van der Waals surface area contributed by atoms with Crippen LogP contribution in [-0.4, -0.2) is 24.4 Å². The second-order valence-corrected chi connectivity index (χ2v) is 3.77. The molecule has 1 rings (SSSR count). The van der Waals surface area contributed by atoms with E-state index >= 15 is 0 Å². The van der Waals surface area contributed by atoms with Crippen LogP contribution in [0.5, 0.6) is 0 Å². The molecule has 0 saturated carbocycles. The fraction of sp³-hybridized carbons (Fsp3) is 0.900. The van der Waals surface area contributed by atoms with Crippen LogP contribution in [0.4, 0.5) is 0 Å². The zero-order valence-electron chi connectivity index (χ0n) is 8.01. The second-order valence-electron chi connectivity index (χ2n) is 3.77. The lowest BCUT2D eigenvalue weighted by atomic mass is 9.89. The van der Waals surface area contributed by atoms with E-state index in [9.17, 15) is 0 Å². The van der Waals surface area contributed by atoms with E-state index in [1.54, 1.807) is 0 Å². The minimum atomic E-state index is 0.846. The van der Waals surface area contributed by atoms with Gasteiger partial charge < -0.3 is 0 Å². The molecule has 0 aliphatic carbocycles. The van der Waals surface area contributed by atoms with Crippen molar-refractivity contribution in [3.8, 4) is 0 Å². The Morgan fingerprint density at radius 1 is 1.36 bits per heavy atom. The summed E-state index contributed by atoms with van der Waals surface area (Å²) in [6, 6.07) is 0. The summed E-state index contributed by atoms with van der Waals surface area (Å²) in [5.41, 5.74) is 0. The van der Waals surface area contributed by atoms with Gasteiger partial charge in [0.05, 0.1) is 0 Å². The second kappa shape index (κ2) is 3.89. The highest BCUT2D eigenvalue weighted by Gasteiger charge is 2.22. The molecule has 64 valence electrons. The molecule has 1 heteroatoms. The van der Waals surface area contributed by atoms with E-state index in [1.165, 1.54) is 25.8 Å². The van der Waals surface area contributed by atoms with Gasteiger partial charge in [-0.1, -0.05) is 13.8 Å². The maximum atomic E-state index is 2.40. The van der Waals surface area contributed by atoms with Crippen molar-refractivity contribution in [2.24, 2.45) is 11.8 Å². The lowest BCUT2D eigenvalue weighted by Crippen LogP contribution is -2.28. The van der Waals surface area contributed by atoms with Crippen molar-refractivity contribution in [3.05, 3.63) is 0 Å². The molecular weight excluding hydrogens is 134 g/mol.